The monoisotopic (exact) mass is 232 g/mol. The first kappa shape index (κ1) is 13.3. The molecule has 0 heterocycles. The lowest BCUT2D eigenvalue weighted by Gasteiger charge is -2.12. The summed E-state index contributed by atoms with van der Waals surface area (Å²) >= 11 is 5.74. The third-order valence-electron chi connectivity index (χ3n) is 1.05. The fourth-order valence-corrected chi connectivity index (χ4v) is 4.03. The molecule has 0 atom stereocenters. The minimum atomic E-state index is 0.578. The van der Waals surface area contributed by atoms with E-state index in [4.69, 9.17) is 0 Å². The highest BCUT2D eigenvalue weighted by molar-refractivity contribution is 8.32. The van der Waals surface area contributed by atoms with Gasteiger partial charge < -0.3 is 0 Å². The molecule has 0 rings (SSSR count). The zero-order valence-electron chi connectivity index (χ0n) is 7.78. The quantitative estimate of drug-likeness (QED) is 0.435. The fraction of sp³-hybridized carbons (Fsp3) is 0.400. The van der Waals surface area contributed by atoms with Crippen molar-refractivity contribution in [3.8, 4) is 0 Å². The summed E-state index contributed by atoms with van der Waals surface area (Å²) in [6.45, 7) is 11.1. The van der Waals surface area contributed by atoms with Crippen molar-refractivity contribution in [2.24, 2.45) is 0 Å². The Balaban J connectivity index is 3.64. The van der Waals surface area contributed by atoms with Gasteiger partial charge >= 0.3 is 0 Å². The highest BCUT2D eigenvalue weighted by atomic mass is 32.3. The standard InChI is InChI=1S/C10H16S3/c1-4-7-11-10(12-8-5-2)13-9-6-3/h4-6,10H,1-3,7-9H2. The van der Waals surface area contributed by atoms with Gasteiger partial charge in [-0.25, -0.2) is 0 Å². The van der Waals surface area contributed by atoms with Crippen molar-refractivity contribution in [1.29, 1.82) is 0 Å². The molecule has 0 nitrogen and oxygen atoms in total. The van der Waals surface area contributed by atoms with Gasteiger partial charge in [0.25, 0.3) is 0 Å². The lowest BCUT2D eigenvalue weighted by molar-refractivity contribution is 1.74. The highest BCUT2D eigenvalue weighted by Gasteiger charge is 2.06. The molecular weight excluding hydrogens is 216 g/mol. The molecule has 0 saturated heterocycles. The van der Waals surface area contributed by atoms with Crippen LogP contribution in [-0.2, 0) is 0 Å². The van der Waals surface area contributed by atoms with E-state index in [-0.39, 0.29) is 0 Å². The Bertz CT molecular complexity index is 126. The number of thioether (sulfide) groups is 3. The van der Waals surface area contributed by atoms with Crippen LogP contribution >= 0.6 is 35.3 Å². The van der Waals surface area contributed by atoms with E-state index in [2.05, 4.69) is 19.7 Å². The summed E-state index contributed by atoms with van der Waals surface area (Å²) in [7, 11) is 0. The molecule has 0 aromatic carbocycles. The van der Waals surface area contributed by atoms with E-state index in [9.17, 15) is 0 Å². The lowest BCUT2D eigenvalue weighted by Crippen LogP contribution is -1.93. The van der Waals surface area contributed by atoms with E-state index in [0.717, 1.165) is 17.3 Å². The number of hydrogen-bond donors (Lipinski definition) is 0. The van der Waals surface area contributed by atoms with Crippen LogP contribution in [0, 0.1) is 0 Å². The molecule has 0 amide bonds. The maximum absolute atomic E-state index is 3.71. The van der Waals surface area contributed by atoms with Gasteiger partial charge in [-0.15, -0.1) is 55.0 Å². The van der Waals surface area contributed by atoms with Crippen LogP contribution in [0.4, 0.5) is 0 Å². The van der Waals surface area contributed by atoms with Gasteiger partial charge in [0.15, 0.2) is 0 Å². The van der Waals surface area contributed by atoms with Gasteiger partial charge in [0.2, 0.25) is 0 Å². The Morgan fingerprint density at radius 2 is 1.08 bits per heavy atom. The first-order chi connectivity index (χ1) is 6.35. The van der Waals surface area contributed by atoms with Crippen molar-refractivity contribution in [3.63, 3.8) is 0 Å². The Hall–Kier alpha value is 0.270. The van der Waals surface area contributed by atoms with E-state index < -0.39 is 0 Å². The summed E-state index contributed by atoms with van der Waals surface area (Å²) in [6, 6.07) is 0. The average molecular weight is 232 g/mol. The average Bonchev–Trinajstić information content (AvgIpc) is 2.17. The molecule has 0 saturated carbocycles. The molecule has 0 aliphatic carbocycles. The van der Waals surface area contributed by atoms with Crippen LogP contribution in [0.2, 0.25) is 0 Å². The largest absolute Gasteiger partial charge is 0.133 e. The van der Waals surface area contributed by atoms with E-state index in [1.54, 1.807) is 0 Å². The SMILES string of the molecule is C=CCSC(SCC=C)SCC=C. The minimum absolute atomic E-state index is 0.578. The van der Waals surface area contributed by atoms with Crippen LogP contribution in [-0.4, -0.2) is 21.2 Å². The molecule has 0 radical (unpaired) electrons. The summed E-state index contributed by atoms with van der Waals surface area (Å²) in [4.78, 5) is 0. The third kappa shape index (κ3) is 8.60. The Morgan fingerprint density at radius 1 is 0.769 bits per heavy atom. The Labute approximate surface area is 94.3 Å². The van der Waals surface area contributed by atoms with Crippen molar-refractivity contribution in [2.75, 3.05) is 17.3 Å². The zero-order chi connectivity index (χ0) is 9.94. The first-order valence-corrected chi connectivity index (χ1v) is 7.17. The summed E-state index contributed by atoms with van der Waals surface area (Å²) in [5.74, 6) is 3.04. The topological polar surface area (TPSA) is 0 Å². The Morgan fingerprint density at radius 3 is 1.31 bits per heavy atom. The summed E-state index contributed by atoms with van der Waals surface area (Å²) in [5.41, 5.74) is 0. The predicted octanol–water partition coefficient (Wildman–Crippen LogP) is 4.03. The van der Waals surface area contributed by atoms with Crippen LogP contribution in [0.15, 0.2) is 38.0 Å². The molecule has 0 aromatic rings. The minimum Gasteiger partial charge on any atom is -0.133 e. The lowest BCUT2D eigenvalue weighted by atomic mass is 10.8. The van der Waals surface area contributed by atoms with Crippen molar-refractivity contribution in [1.82, 2.24) is 0 Å². The van der Waals surface area contributed by atoms with Crippen LogP contribution in [0.1, 0.15) is 0 Å². The van der Waals surface area contributed by atoms with Gasteiger partial charge in [-0.1, -0.05) is 18.2 Å². The van der Waals surface area contributed by atoms with Crippen LogP contribution in [0.3, 0.4) is 0 Å². The van der Waals surface area contributed by atoms with Crippen LogP contribution in [0.5, 0.6) is 0 Å². The summed E-state index contributed by atoms with van der Waals surface area (Å²) in [6.07, 6.45) is 5.84. The van der Waals surface area contributed by atoms with Gasteiger partial charge in [0.1, 0.15) is 0 Å². The van der Waals surface area contributed by atoms with Gasteiger partial charge in [-0.2, -0.15) is 0 Å². The maximum Gasteiger partial charge on any atom is 0.0965 e. The van der Waals surface area contributed by atoms with Gasteiger partial charge in [0.05, 0.1) is 3.91 Å². The van der Waals surface area contributed by atoms with Crippen molar-refractivity contribution >= 4 is 35.3 Å². The molecule has 0 spiro atoms. The summed E-state index contributed by atoms with van der Waals surface area (Å²) < 4.78 is 0.578. The molecule has 74 valence electrons. The van der Waals surface area contributed by atoms with Crippen LogP contribution in [0.25, 0.3) is 0 Å². The van der Waals surface area contributed by atoms with E-state index >= 15 is 0 Å². The van der Waals surface area contributed by atoms with Gasteiger partial charge in [0, 0.05) is 17.3 Å². The highest BCUT2D eigenvalue weighted by Crippen LogP contribution is 2.33. The van der Waals surface area contributed by atoms with E-state index in [0.29, 0.717) is 3.91 Å². The van der Waals surface area contributed by atoms with Crippen LogP contribution < -0.4 is 0 Å². The molecule has 0 fully saturated rings. The second-order valence-corrected chi connectivity index (χ2v) is 6.46. The smallest absolute Gasteiger partial charge is 0.0965 e. The Kier molecular flexibility index (Phi) is 10.6. The molecule has 3 heteroatoms. The van der Waals surface area contributed by atoms with Gasteiger partial charge in [-0.3, -0.25) is 0 Å². The van der Waals surface area contributed by atoms with E-state index in [1.807, 2.05) is 53.5 Å². The second kappa shape index (κ2) is 10.4. The molecule has 13 heavy (non-hydrogen) atoms. The molecule has 0 aliphatic rings. The first-order valence-electron chi connectivity index (χ1n) is 4.02. The molecule has 0 aromatic heterocycles. The second-order valence-electron chi connectivity index (χ2n) is 2.15. The fourth-order valence-electron chi connectivity index (χ4n) is 0.584. The predicted molar refractivity (Wildman–Crippen MR) is 71.8 cm³/mol. The normalized spacial score (nSPS) is 9.92. The zero-order valence-corrected chi connectivity index (χ0v) is 10.2. The molecular formula is C10H16S3. The summed E-state index contributed by atoms with van der Waals surface area (Å²) in [5, 5.41) is 0. The number of rotatable bonds is 9. The van der Waals surface area contributed by atoms with E-state index in [1.165, 1.54) is 0 Å². The third-order valence-corrected chi connectivity index (χ3v) is 5.60. The molecule has 0 bridgehead atoms. The van der Waals surface area contributed by atoms with Crippen molar-refractivity contribution < 1.29 is 0 Å². The molecule has 0 N–H and O–H groups in total. The molecule has 0 aliphatic heterocycles. The molecule has 0 unspecified atom stereocenters. The van der Waals surface area contributed by atoms with Crippen molar-refractivity contribution in [2.45, 2.75) is 3.91 Å². The van der Waals surface area contributed by atoms with Gasteiger partial charge in [-0.05, 0) is 0 Å². The maximum atomic E-state index is 3.71. The van der Waals surface area contributed by atoms with Crippen molar-refractivity contribution in [3.05, 3.63) is 38.0 Å². The number of hydrogen-bond acceptors (Lipinski definition) is 3.